The Labute approximate surface area is 137 Å². The van der Waals surface area contributed by atoms with Gasteiger partial charge in [0.15, 0.2) is 0 Å². The SMILES string of the molecule is O=C(Cn1ccc2ccccc21)Nc1cnc(-n2ccnc2)nc1. The molecule has 7 heteroatoms. The van der Waals surface area contributed by atoms with Crippen LogP contribution < -0.4 is 5.32 Å². The maximum Gasteiger partial charge on any atom is 0.244 e. The fraction of sp³-hybridized carbons (Fsp3) is 0.0588. The van der Waals surface area contributed by atoms with E-state index >= 15 is 0 Å². The van der Waals surface area contributed by atoms with Crippen LogP contribution in [0.4, 0.5) is 5.69 Å². The van der Waals surface area contributed by atoms with Crippen molar-refractivity contribution in [3.63, 3.8) is 0 Å². The van der Waals surface area contributed by atoms with Crippen molar-refractivity contribution in [2.24, 2.45) is 0 Å². The normalized spacial score (nSPS) is 10.8. The molecule has 7 nitrogen and oxygen atoms in total. The summed E-state index contributed by atoms with van der Waals surface area (Å²) >= 11 is 0. The van der Waals surface area contributed by atoms with E-state index in [9.17, 15) is 4.79 Å². The number of aromatic nitrogens is 5. The lowest BCUT2D eigenvalue weighted by atomic mass is 10.2. The van der Waals surface area contributed by atoms with Gasteiger partial charge in [-0.3, -0.25) is 9.36 Å². The number of imidazole rings is 1. The van der Waals surface area contributed by atoms with Crippen molar-refractivity contribution in [2.45, 2.75) is 6.54 Å². The number of nitrogens with zero attached hydrogens (tertiary/aromatic N) is 5. The summed E-state index contributed by atoms with van der Waals surface area (Å²) in [4.78, 5) is 24.6. The summed E-state index contributed by atoms with van der Waals surface area (Å²) in [6.07, 6.45) is 10.1. The Kier molecular flexibility index (Phi) is 3.51. The van der Waals surface area contributed by atoms with Gasteiger partial charge in [-0.2, -0.15) is 0 Å². The van der Waals surface area contributed by atoms with Crippen LogP contribution >= 0.6 is 0 Å². The fourth-order valence-corrected chi connectivity index (χ4v) is 2.53. The molecule has 0 saturated heterocycles. The zero-order valence-electron chi connectivity index (χ0n) is 12.7. The molecule has 1 aromatic carbocycles. The number of para-hydroxylation sites is 1. The third-order valence-electron chi connectivity index (χ3n) is 3.65. The van der Waals surface area contributed by atoms with Gasteiger partial charge in [-0.25, -0.2) is 15.0 Å². The maximum atomic E-state index is 12.2. The topological polar surface area (TPSA) is 77.6 Å². The number of hydrogen-bond acceptors (Lipinski definition) is 4. The van der Waals surface area contributed by atoms with E-state index in [1.807, 2.05) is 41.1 Å². The molecular formula is C17H14N6O. The van der Waals surface area contributed by atoms with Crippen LogP contribution in [0, 0.1) is 0 Å². The van der Waals surface area contributed by atoms with Crippen LogP contribution in [0.3, 0.4) is 0 Å². The lowest BCUT2D eigenvalue weighted by molar-refractivity contribution is -0.116. The molecular weight excluding hydrogens is 304 g/mol. The van der Waals surface area contributed by atoms with Crippen molar-refractivity contribution >= 4 is 22.5 Å². The molecule has 0 aliphatic rings. The number of amides is 1. The molecule has 24 heavy (non-hydrogen) atoms. The lowest BCUT2D eigenvalue weighted by Crippen LogP contribution is -2.18. The van der Waals surface area contributed by atoms with E-state index in [2.05, 4.69) is 20.3 Å². The van der Waals surface area contributed by atoms with E-state index in [4.69, 9.17) is 0 Å². The molecule has 0 bridgehead atoms. The van der Waals surface area contributed by atoms with Crippen molar-refractivity contribution in [2.75, 3.05) is 5.32 Å². The lowest BCUT2D eigenvalue weighted by Gasteiger charge is -2.07. The summed E-state index contributed by atoms with van der Waals surface area (Å²) in [6, 6.07) is 9.94. The minimum atomic E-state index is -0.129. The molecule has 4 aromatic rings. The highest BCUT2D eigenvalue weighted by atomic mass is 16.1. The molecule has 0 saturated carbocycles. The number of rotatable bonds is 4. The van der Waals surface area contributed by atoms with Gasteiger partial charge in [0.25, 0.3) is 0 Å². The van der Waals surface area contributed by atoms with Gasteiger partial charge in [0.05, 0.1) is 18.1 Å². The minimum absolute atomic E-state index is 0.129. The van der Waals surface area contributed by atoms with E-state index < -0.39 is 0 Å². The molecule has 118 valence electrons. The predicted octanol–water partition coefficient (Wildman–Crippen LogP) is 2.26. The molecule has 0 atom stereocenters. The standard InChI is InChI=1S/C17H14N6O/c24-16(11-22-7-5-13-3-1-2-4-15(13)22)21-14-9-19-17(20-10-14)23-8-6-18-12-23/h1-10,12H,11H2,(H,21,24). The molecule has 0 aliphatic carbocycles. The smallest absolute Gasteiger partial charge is 0.244 e. The number of anilines is 1. The first-order valence-corrected chi connectivity index (χ1v) is 7.44. The second-order valence-electron chi connectivity index (χ2n) is 5.29. The minimum Gasteiger partial charge on any atom is -0.338 e. The molecule has 1 N–H and O–H groups in total. The molecule has 4 rings (SSSR count). The molecule has 0 aliphatic heterocycles. The van der Waals surface area contributed by atoms with Crippen molar-refractivity contribution < 1.29 is 4.79 Å². The van der Waals surface area contributed by atoms with E-state index in [0.717, 1.165) is 10.9 Å². The number of nitrogens with one attached hydrogen (secondary N) is 1. The van der Waals surface area contributed by atoms with Gasteiger partial charge in [-0.1, -0.05) is 18.2 Å². The van der Waals surface area contributed by atoms with Gasteiger partial charge < -0.3 is 9.88 Å². The summed E-state index contributed by atoms with van der Waals surface area (Å²) in [7, 11) is 0. The van der Waals surface area contributed by atoms with Crippen LogP contribution in [0.5, 0.6) is 0 Å². The number of hydrogen-bond donors (Lipinski definition) is 1. The summed E-state index contributed by atoms with van der Waals surface area (Å²) in [5.74, 6) is 0.372. The van der Waals surface area contributed by atoms with Crippen LogP contribution in [0.2, 0.25) is 0 Å². The third-order valence-corrected chi connectivity index (χ3v) is 3.65. The van der Waals surface area contributed by atoms with E-state index in [1.165, 1.54) is 0 Å². The molecule has 3 aromatic heterocycles. The van der Waals surface area contributed by atoms with Crippen molar-refractivity contribution in [3.8, 4) is 5.95 Å². The zero-order valence-corrected chi connectivity index (χ0v) is 12.7. The first-order valence-electron chi connectivity index (χ1n) is 7.44. The summed E-state index contributed by atoms with van der Waals surface area (Å²) in [5, 5.41) is 3.92. The first kappa shape index (κ1) is 14.1. The highest BCUT2D eigenvalue weighted by molar-refractivity contribution is 5.91. The Morgan fingerprint density at radius 1 is 1.08 bits per heavy atom. The maximum absolute atomic E-state index is 12.2. The quantitative estimate of drug-likeness (QED) is 0.626. The van der Waals surface area contributed by atoms with Crippen molar-refractivity contribution in [1.82, 2.24) is 24.1 Å². The Morgan fingerprint density at radius 2 is 1.92 bits per heavy atom. The number of carbonyl (C=O) groups excluding carboxylic acids is 1. The van der Waals surface area contributed by atoms with Crippen LogP contribution in [0.25, 0.3) is 16.9 Å². The molecule has 0 radical (unpaired) electrons. The largest absolute Gasteiger partial charge is 0.338 e. The monoisotopic (exact) mass is 318 g/mol. The first-order chi connectivity index (χ1) is 11.8. The van der Waals surface area contributed by atoms with Gasteiger partial charge in [0.1, 0.15) is 12.9 Å². The van der Waals surface area contributed by atoms with Gasteiger partial charge in [0.2, 0.25) is 11.9 Å². The molecule has 0 unspecified atom stereocenters. The number of benzene rings is 1. The third kappa shape index (κ3) is 2.74. The van der Waals surface area contributed by atoms with Crippen LogP contribution in [-0.4, -0.2) is 30.0 Å². The van der Waals surface area contributed by atoms with E-state index in [0.29, 0.717) is 11.6 Å². The number of fused-ring (bicyclic) bond motifs is 1. The molecule has 0 fully saturated rings. The van der Waals surface area contributed by atoms with Crippen LogP contribution in [-0.2, 0) is 11.3 Å². The van der Waals surface area contributed by atoms with E-state index in [1.54, 1.807) is 35.7 Å². The van der Waals surface area contributed by atoms with E-state index in [-0.39, 0.29) is 12.5 Å². The van der Waals surface area contributed by atoms with Gasteiger partial charge in [-0.15, -0.1) is 0 Å². The summed E-state index contributed by atoms with van der Waals surface area (Å²) in [5.41, 5.74) is 1.58. The number of carbonyl (C=O) groups is 1. The average Bonchev–Trinajstić information content (AvgIpc) is 3.26. The summed E-state index contributed by atoms with van der Waals surface area (Å²) < 4.78 is 3.60. The molecule has 0 spiro atoms. The zero-order chi connectivity index (χ0) is 16.4. The highest BCUT2D eigenvalue weighted by Crippen LogP contribution is 2.15. The Hall–Kier alpha value is -3.48. The van der Waals surface area contributed by atoms with Gasteiger partial charge >= 0.3 is 0 Å². The highest BCUT2D eigenvalue weighted by Gasteiger charge is 2.07. The second-order valence-corrected chi connectivity index (χ2v) is 5.29. The summed E-state index contributed by atoms with van der Waals surface area (Å²) in [6.45, 7) is 0.233. The molecule has 3 heterocycles. The van der Waals surface area contributed by atoms with Crippen LogP contribution in [0.15, 0.2) is 67.6 Å². The fourth-order valence-electron chi connectivity index (χ4n) is 2.53. The second kappa shape index (κ2) is 5.96. The predicted molar refractivity (Wildman–Crippen MR) is 89.7 cm³/mol. The Morgan fingerprint density at radius 3 is 2.71 bits per heavy atom. The van der Waals surface area contributed by atoms with Gasteiger partial charge in [0, 0.05) is 24.1 Å². The van der Waals surface area contributed by atoms with Crippen molar-refractivity contribution in [1.29, 1.82) is 0 Å². The van der Waals surface area contributed by atoms with Crippen molar-refractivity contribution in [3.05, 3.63) is 67.6 Å². The average molecular weight is 318 g/mol. The van der Waals surface area contributed by atoms with Gasteiger partial charge in [-0.05, 0) is 17.5 Å². The van der Waals surface area contributed by atoms with Crippen LogP contribution in [0.1, 0.15) is 0 Å². The Bertz CT molecular complexity index is 972. The Balaban J connectivity index is 1.46. The molecule has 1 amide bonds.